The van der Waals surface area contributed by atoms with Gasteiger partial charge in [-0.3, -0.25) is 53.5 Å². The van der Waals surface area contributed by atoms with Crippen molar-refractivity contribution < 1.29 is 43.7 Å². The Labute approximate surface area is 404 Å². The first kappa shape index (κ1) is 55.7. The average Bonchev–Trinajstić information content (AvgIpc) is 3.28. The molecule has 0 radical (unpaired) electrons. The molecule has 0 unspecified atom stereocenters. The summed E-state index contributed by atoms with van der Waals surface area (Å²) in [6.07, 6.45) is 4.98. The number of hydrogen-bond donors (Lipinski definition) is 5. The molecule has 22 heteroatoms. The molecule has 1 fully saturated rings. The normalized spacial score (nSPS) is 15.1. The second-order valence-electron chi connectivity index (χ2n) is 18.4. The van der Waals surface area contributed by atoms with E-state index in [0.717, 1.165) is 5.57 Å². The number of carboxylic acids is 2. The number of aliphatic carboxylic acids is 2. The SMILES string of the molecule is C=C(C)CN1CCN(CC(=O)O)CCN(CC(=O)O)CCN(CC(=O)NCCC(C)(C)OCCC(C)(C)OCCNC(=O)CCCC(=O)Nc2ccc(-c3nnc(-c4ccccn4)nn3)nc2)CC1. The molecule has 4 rings (SSSR count). The largest absolute Gasteiger partial charge is 0.480 e. The molecule has 3 aromatic heterocycles. The van der Waals surface area contributed by atoms with Crippen LogP contribution in [0, 0.1) is 0 Å². The Morgan fingerprint density at radius 1 is 0.623 bits per heavy atom. The molecule has 1 aliphatic heterocycles. The first-order chi connectivity index (χ1) is 32.8. The zero-order chi connectivity index (χ0) is 50.2. The van der Waals surface area contributed by atoms with Crippen LogP contribution in [-0.4, -0.2) is 206 Å². The highest BCUT2D eigenvalue weighted by Crippen LogP contribution is 2.20. The van der Waals surface area contributed by atoms with Gasteiger partial charge in [-0.15, -0.1) is 20.4 Å². The summed E-state index contributed by atoms with van der Waals surface area (Å²) >= 11 is 0. The molecule has 1 aliphatic rings. The lowest BCUT2D eigenvalue weighted by molar-refractivity contribution is -0.140. The van der Waals surface area contributed by atoms with E-state index >= 15 is 0 Å². The van der Waals surface area contributed by atoms with Gasteiger partial charge in [-0.05, 0) is 78.1 Å². The topological polar surface area (TPSA) is 271 Å². The maximum absolute atomic E-state index is 13.2. The second kappa shape index (κ2) is 28.6. The Balaban J connectivity index is 1.08. The Kier molecular flexibility index (Phi) is 23.0. The molecule has 22 nitrogen and oxygen atoms in total. The molecule has 69 heavy (non-hydrogen) atoms. The Bertz CT molecular complexity index is 2060. The molecule has 0 aromatic carbocycles. The van der Waals surface area contributed by atoms with Crippen molar-refractivity contribution in [2.24, 2.45) is 0 Å². The molecular formula is C47H71N13O9. The van der Waals surface area contributed by atoms with Crippen molar-refractivity contribution >= 4 is 35.3 Å². The molecule has 0 saturated carbocycles. The summed E-state index contributed by atoms with van der Waals surface area (Å²) in [6, 6.07) is 8.69. The number of anilines is 1. The van der Waals surface area contributed by atoms with Crippen LogP contribution in [0.1, 0.15) is 66.7 Å². The average molecular weight is 962 g/mol. The number of pyridine rings is 2. The maximum Gasteiger partial charge on any atom is 0.317 e. The number of rotatable bonds is 26. The van der Waals surface area contributed by atoms with Crippen molar-refractivity contribution in [3.8, 4) is 23.0 Å². The minimum absolute atomic E-state index is 0.127. The van der Waals surface area contributed by atoms with Gasteiger partial charge in [-0.1, -0.05) is 18.2 Å². The fourth-order valence-electron chi connectivity index (χ4n) is 7.22. The van der Waals surface area contributed by atoms with Gasteiger partial charge >= 0.3 is 11.9 Å². The van der Waals surface area contributed by atoms with E-state index in [1.54, 1.807) is 35.4 Å². The molecule has 5 N–H and O–H groups in total. The van der Waals surface area contributed by atoms with Crippen LogP contribution in [0.15, 0.2) is 54.9 Å². The summed E-state index contributed by atoms with van der Waals surface area (Å²) < 4.78 is 12.3. The number of amides is 3. The van der Waals surface area contributed by atoms with Gasteiger partial charge in [0.05, 0.1) is 55.9 Å². The molecule has 0 bridgehead atoms. The van der Waals surface area contributed by atoms with Crippen LogP contribution in [-0.2, 0) is 33.4 Å². The second-order valence-corrected chi connectivity index (χ2v) is 18.4. The van der Waals surface area contributed by atoms with E-state index in [1.807, 2.05) is 50.5 Å². The first-order valence-electron chi connectivity index (χ1n) is 23.4. The third-order valence-electron chi connectivity index (χ3n) is 11.1. The minimum atomic E-state index is -0.965. The highest BCUT2D eigenvalue weighted by molar-refractivity contribution is 5.91. The van der Waals surface area contributed by atoms with Crippen LogP contribution >= 0.6 is 0 Å². The smallest absolute Gasteiger partial charge is 0.317 e. The molecule has 1 saturated heterocycles. The molecule has 4 heterocycles. The predicted octanol–water partition coefficient (Wildman–Crippen LogP) is 2.07. The van der Waals surface area contributed by atoms with Crippen LogP contribution < -0.4 is 16.0 Å². The van der Waals surface area contributed by atoms with Gasteiger partial charge in [0.25, 0.3) is 0 Å². The fraction of sp³-hybridized carbons (Fsp3) is 0.596. The van der Waals surface area contributed by atoms with Crippen molar-refractivity contribution in [1.82, 2.24) is 60.6 Å². The molecule has 0 spiro atoms. The van der Waals surface area contributed by atoms with E-state index in [4.69, 9.17) is 9.47 Å². The van der Waals surface area contributed by atoms with Gasteiger partial charge in [0.15, 0.2) is 0 Å². The number of nitrogens with zero attached hydrogens (tertiary/aromatic N) is 10. The Morgan fingerprint density at radius 2 is 1.13 bits per heavy atom. The summed E-state index contributed by atoms with van der Waals surface area (Å²) in [5, 5.41) is 43.9. The van der Waals surface area contributed by atoms with Gasteiger partial charge in [0.1, 0.15) is 11.4 Å². The number of nitrogens with one attached hydrogen (secondary N) is 3. The molecule has 0 atom stereocenters. The third kappa shape index (κ3) is 22.8. The molecule has 378 valence electrons. The minimum Gasteiger partial charge on any atom is -0.480 e. The molecule has 3 amide bonds. The first-order valence-corrected chi connectivity index (χ1v) is 23.4. The monoisotopic (exact) mass is 962 g/mol. The van der Waals surface area contributed by atoms with Gasteiger partial charge < -0.3 is 35.6 Å². The van der Waals surface area contributed by atoms with E-state index in [9.17, 15) is 34.2 Å². The van der Waals surface area contributed by atoms with E-state index < -0.39 is 23.1 Å². The van der Waals surface area contributed by atoms with E-state index in [2.05, 4.69) is 57.8 Å². The van der Waals surface area contributed by atoms with Crippen molar-refractivity contribution in [3.05, 3.63) is 54.9 Å². The Hall–Kier alpha value is -5.91. The van der Waals surface area contributed by atoms with E-state index in [0.29, 0.717) is 127 Å². The zero-order valence-electron chi connectivity index (χ0n) is 40.8. The van der Waals surface area contributed by atoms with Crippen molar-refractivity contribution in [1.29, 1.82) is 0 Å². The lowest BCUT2D eigenvalue weighted by atomic mass is 10.0. The standard InChI is InChI=1S/C47H71N13O9/c1-35(2)31-57-20-22-58(23-25-60(34-43(66)67)27-26-59(24-21-57)33-42(64)65)32-41(63)49-18-15-46(3,4)68-28-16-47(5,6)69-29-19-50-39(61)11-9-12-40(62)52-36-13-14-38(51-30-36)45-55-53-44(54-56-45)37-10-7-8-17-48-37/h7-8,10,13-14,17,30H,1,9,11-12,15-16,18-29,31-34H2,2-6H3,(H,49,63)(H,50,61)(H,52,62)(H,64,65)(H,66,67). The van der Waals surface area contributed by atoms with Crippen molar-refractivity contribution in [3.63, 3.8) is 0 Å². The van der Waals surface area contributed by atoms with E-state index in [-0.39, 0.29) is 56.0 Å². The molecular weight excluding hydrogens is 891 g/mol. The number of ether oxygens (including phenoxy) is 2. The summed E-state index contributed by atoms with van der Waals surface area (Å²) in [7, 11) is 0. The van der Waals surface area contributed by atoms with E-state index in [1.165, 1.54) is 6.20 Å². The highest BCUT2D eigenvalue weighted by atomic mass is 16.5. The van der Waals surface area contributed by atoms with Crippen LogP contribution in [0.5, 0.6) is 0 Å². The summed E-state index contributed by atoms with van der Waals surface area (Å²) in [6.45, 7) is 19.8. The van der Waals surface area contributed by atoms with Crippen molar-refractivity contribution in [2.75, 3.05) is 110 Å². The van der Waals surface area contributed by atoms with Crippen LogP contribution in [0.4, 0.5) is 5.69 Å². The van der Waals surface area contributed by atoms with Gasteiger partial charge in [-0.25, -0.2) is 0 Å². The third-order valence-corrected chi connectivity index (χ3v) is 11.1. The molecule has 3 aromatic rings. The highest BCUT2D eigenvalue weighted by Gasteiger charge is 2.24. The lowest BCUT2D eigenvalue weighted by Crippen LogP contribution is -2.49. The number of carboxylic acid groups (broad SMARTS) is 2. The number of carbonyl (C=O) groups excluding carboxylic acids is 3. The van der Waals surface area contributed by atoms with Crippen molar-refractivity contribution in [2.45, 2.75) is 77.9 Å². The quantitative estimate of drug-likeness (QED) is 0.0569. The summed E-state index contributed by atoms with van der Waals surface area (Å²) in [5.41, 5.74) is 1.41. The predicted molar refractivity (Wildman–Crippen MR) is 258 cm³/mol. The van der Waals surface area contributed by atoms with Gasteiger partial charge in [-0.2, -0.15) is 0 Å². The summed E-state index contributed by atoms with van der Waals surface area (Å²) in [4.78, 5) is 77.7. The lowest BCUT2D eigenvalue weighted by Gasteiger charge is -2.33. The van der Waals surface area contributed by atoms with Gasteiger partial charge in [0.2, 0.25) is 29.4 Å². The van der Waals surface area contributed by atoms with Crippen LogP contribution in [0.25, 0.3) is 23.0 Å². The van der Waals surface area contributed by atoms with Gasteiger partial charge in [0, 0.05) is 91.0 Å². The van der Waals surface area contributed by atoms with Crippen LogP contribution in [0.2, 0.25) is 0 Å². The fourth-order valence-corrected chi connectivity index (χ4v) is 7.22. The zero-order valence-corrected chi connectivity index (χ0v) is 40.8. The number of aromatic nitrogens is 6. The number of carbonyl (C=O) groups is 5. The maximum atomic E-state index is 13.2. The molecule has 0 aliphatic carbocycles. The summed E-state index contributed by atoms with van der Waals surface area (Å²) in [5.74, 6) is -1.94. The van der Waals surface area contributed by atoms with Crippen LogP contribution in [0.3, 0.4) is 0 Å². The Morgan fingerprint density at radius 3 is 1.65 bits per heavy atom. The number of hydrogen-bond acceptors (Lipinski definition) is 17.